The molecule has 0 aromatic carbocycles. The van der Waals surface area contributed by atoms with Crippen LogP contribution in [-0.4, -0.2) is 31.2 Å². The largest absolute Gasteiger partial charge is 0.308 e. The standard InChI is InChI=1S/C13H21NO2S3/c1-9-7-11(10-5-6-17-12(10)18-9)14-8-13(2,3)19(4,15)16/h5-6,9,11,14H,7-8H2,1-4H3/t9-,11?/m0/s1. The lowest BCUT2D eigenvalue weighted by Crippen LogP contribution is -2.43. The third-order valence-corrected chi connectivity index (χ3v) is 8.18. The lowest BCUT2D eigenvalue weighted by molar-refractivity contribution is 0.447. The third kappa shape index (κ3) is 3.35. The molecule has 0 saturated carbocycles. The molecule has 108 valence electrons. The lowest BCUT2D eigenvalue weighted by Gasteiger charge is -2.31. The molecule has 0 radical (unpaired) electrons. The summed E-state index contributed by atoms with van der Waals surface area (Å²) in [5.41, 5.74) is 1.33. The normalized spacial score (nSPS) is 24.2. The number of hydrogen-bond donors (Lipinski definition) is 1. The summed E-state index contributed by atoms with van der Waals surface area (Å²) in [6, 6.07) is 2.43. The second-order valence-electron chi connectivity index (χ2n) is 5.79. The number of fused-ring (bicyclic) bond motifs is 1. The molecule has 0 amide bonds. The van der Waals surface area contributed by atoms with Crippen molar-refractivity contribution in [3.05, 3.63) is 17.0 Å². The van der Waals surface area contributed by atoms with E-state index in [1.807, 2.05) is 11.8 Å². The summed E-state index contributed by atoms with van der Waals surface area (Å²) >= 11 is 3.70. The minimum absolute atomic E-state index is 0.276. The molecule has 0 aliphatic carbocycles. The van der Waals surface area contributed by atoms with E-state index >= 15 is 0 Å². The van der Waals surface area contributed by atoms with Gasteiger partial charge in [0.1, 0.15) is 0 Å². The fraction of sp³-hybridized carbons (Fsp3) is 0.692. The topological polar surface area (TPSA) is 46.2 Å². The van der Waals surface area contributed by atoms with E-state index in [9.17, 15) is 8.42 Å². The smallest absolute Gasteiger partial charge is 0.153 e. The average molecular weight is 320 g/mol. The highest BCUT2D eigenvalue weighted by molar-refractivity contribution is 8.01. The summed E-state index contributed by atoms with van der Waals surface area (Å²) in [6.45, 7) is 6.28. The van der Waals surface area contributed by atoms with Crippen molar-refractivity contribution in [2.45, 2.75) is 47.4 Å². The molecule has 19 heavy (non-hydrogen) atoms. The van der Waals surface area contributed by atoms with E-state index in [0.29, 0.717) is 11.8 Å². The zero-order valence-electron chi connectivity index (χ0n) is 11.8. The number of thiophene rings is 1. The van der Waals surface area contributed by atoms with Gasteiger partial charge in [-0.25, -0.2) is 8.42 Å². The van der Waals surface area contributed by atoms with Crippen LogP contribution in [0.3, 0.4) is 0 Å². The minimum atomic E-state index is -3.05. The van der Waals surface area contributed by atoms with Crippen LogP contribution in [-0.2, 0) is 9.84 Å². The number of hydrogen-bond acceptors (Lipinski definition) is 5. The number of rotatable bonds is 4. The fourth-order valence-electron chi connectivity index (χ4n) is 2.04. The van der Waals surface area contributed by atoms with E-state index in [1.165, 1.54) is 16.0 Å². The number of sulfone groups is 1. The first-order chi connectivity index (χ1) is 8.71. The van der Waals surface area contributed by atoms with Gasteiger partial charge in [-0.2, -0.15) is 0 Å². The molecule has 2 heterocycles. The molecule has 6 heteroatoms. The van der Waals surface area contributed by atoms with Crippen molar-refractivity contribution >= 4 is 32.9 Å². The lowest BCUT2D eigenvalue weighted by atomic mass is 10.0. The maximum Gasteiger partial charge on any atom is 0.153 e. The van der Waals surface area contributed by atoms with Gasteiger partial charge in [-0.3, -0.25) is 0 Å². The van der Waals surface area contributed by atoms with Crippen LogP contribution in [0.5, 0.6) is 0 Å². The van der Waals surface area contributed by atoms with E-state index in [1.54, 1.807) is 25.2 Å². The molecule has 0 spiro atoms. The zero-order valence-corrected chi connectivity index (χ0v) is 14.2. The second-order valence-corrected chi connectivity index (χ2v) is 11.1. The van der Waals surface area contributed by atoms with Crippen LogP contribution in [0.1, 0.15) is 38.8 Å². The summed E-state index contributed by atoms with van der Waals surface area (Å²) in [7, 11) is -3.05. The van der Waals surface area contributed by atoms with Crippen molar-refractivity contribution in [1.82, 2.24) is 5.32 Å². The molecule has 3 nitrogen and oxygen atoms in total. The van der Waals surface area contributed by atoms with Crippen molar-refractivity contribution in [2.75, 3.05) is 12.8 Å². The fourth-order valence-corrected chi connectivity index (χ4v) is 4.95. The first-order valence-electron chi connectivity index (χ1n) is 6.38. The quantitative estimate of drug-likeness (QED) is 0.926. The van der Waals surface area contributed by atoms with Gasteiger partial charge >= 0.3 is 0 Å². The molecule has 1 aromatic heterocycles. The van der Waals surface area contributed by atoms with Crippen molar-refractivity contribution in [3.63, 3.8) is 0 Å². The summed E-state index contributed by atoms with van der Waals surface area (Å²) in [4.78, 5) is 0. The van der Waals surface area contributed by atoms with Crippen LogP contribution in [0, 0.1) is 0 Å². The number of nitrogens with one attached hydrogen (secondary N) is 1. The molecule has 2 atom stereocenters. The molecule has 2 rings (SSSR count). The van der Waals surface area contributed by atoms with Crippen molar-refractivity contribution in [2.24, 2.45) is 0 Å². The molecule has 1 aromatic rings. The Hall–Kier alpha value is -0.0400. The van der Waals surface area contributed by atoms with E-state index in [0.717, 1.165) is 6.42 Å². The Morgan fingerprint density at radius 3 is 2.79 bits per heavy atom. The van der Waals surface area contributed by atoms with Crippen LogP contribution in [0.2, 0.25) is 0 Å². The second kappa shape index (κ2) is 5.39. The van der Waals surface area contributed by atoms with Crippen LogP contribution in [0.25, 0.3) is 0 Å². The third-order valence-electron chi connectivity index (χ3n) is 3.69. The molecule has 1 aliphatic rings. The van der Waals surface area contributed by atoms with Crippen LogP contribution in [0.15, 0.2) is 15.7 Å². The van der Waals surface area contributed by atoms with Gasteiger partial charge in [-0.05, 0) is 37.3 Å². The van der Waals surface area contributed by atoms with Crippen molar-refractivity contribution in [1.29, 1.82) is 0 Å². The van der Waals surface area contributed by atoms with Crippen molar-refractivity contribution in [3.8, 4) is 0 Å². The van der Waals surface area contributed by atoms with E-state index in [2.05, 4.69) is 23.7 Å². The van der Waals surface area contributed by atoms with Gasteiger partial charge in [0.2, 0.25) is 0 Å². The Labute approximate surface area is 124 Å². The van der Waals surface area contributed by atoms with E-state index in [-0.39, 0.29) is 6.04 Å². The highest BCUT2D eigenvalue weighted by Gasteiger charge is 2.33. The molecule has 1 unspecified atom stereocenters. The van der Waals surface area contributed by atoms with Crippen molar-refractivity contribution < 1.29 is 8.42 Å². The highest BCUT2D eigenvalue weighted by Crippen LogP contribution is 2.43. The molecule has 1 N–H and O–H groups in total. The summed E-state index contributed by atoms with van der Waals surface area (Å²) in [5.74, 6) is 0. The van der Waals surface area contributed by atoms with Gasteiger partial charge in [0.05, 0.1) is 8.96 Å². The van der Waals surface area contributed by atoms with Crippen LogP contribution >= 0.6 is 23.1 Å². The average Bonchev–Trinajstić information content (AvgIpc) is 2.72. The zero-order chi connectivity index (χ0) is 14.3. The summed E-state index contributed by atoms with van der Waals surface area (Å²) < 4.78 is 24.1. The Kier molecular flexibility index (Phi) is 4.35. The monoisotopic (exact) mass is 319 g/mol. The van der Waals surface area contributed by atoms with Gasteiger partial charge in [0, 0.05) is 24.1 Å². The molecule has 1 aliphatic heterocycles. The molecule has 0 fully saturated rings. The van der Waals surface area contributed by atoms with Gasteiger partial charge in [0.15, 0.2) is 9.84 Å². The molecule has 0 saturated heterocycles. The van der Waals surface area contributed by atoms with Crippen LogP contribution < -0.4 is 5.32 Å². The minimum Gasteiger partial charge on any atom is -0.308 e. The Balaban J connectivity index is 2.10. The predicted molar refractivity (Wildman–Crippen MR) is 83.9 cm³/mol. The van der Waals surface area contributed by atoms with Gasteiger partial charge in [-0.15, -0.1) is 23.1 Å². The molecule has 0 bridgehead atoms. The SMILES string of the molecule is C[C@H]1CC(NCC(C)(C)S(C)(=O)=O)c2ccsc2S1. The van der Waals surface area contributed by atoms with E-state index < -0.39 is 14.6 Å². The first kappa shape index (κ1) is 15.4. The Morgan fingerprint density at radius 1 is 1.47 bits per heavy atom. The van der Waals surface area contributed by atoms with E-state index in [4.69, 9.17) is 0 Å². The first-order valence-corrected chi connectivity index (χ1v) is 10.0. The summed E-state index contributed by atoms with van der Waals surface area (Å²) in [6.07, 6.45) is 2.36. The molecular weight excluding hydrogens is 298 g/mol. The predicted octanol–water partition coefficient (Wildman–Crippen LogP) is 3.09. The van der Waals surface area contributed by atoms with Gasteiger partial charge in [0.25, 0.3) is 0 Å². The van der Waals surface area contributed by atoms with Crippen LogP contribution in [0.4, 0.5) is 0 Å². The summed E-state index contributed by atoms with van der Waals surface area (Å²) in [5, 5.41) is 6.15. The molecular formula is C13H21NO2S3. The Morgan fingerprint density at radius 2 is 2.16 bits per heavy atom. The number of thioether (sulfide) groups is 1. The van der Waals surface area contributed by atoms with Gasteiger partial charge in [-0.1, -0.05) is 6.92 Å². The van der Waals surface area contributed by atoms with Gasteiger partial charge < -0.3 is 5.32 Å². The highest BCUT2D eigenvalue weighted by atomic mass is 32.2. The maximum atomic E-state index is 11.7. The maximum absolute atomic E-state index is 11.7. The Bertz CT molecular complexity index is 548.